The average molecular weight is 267 g/mol. The predicted octanol–water partition coefficient (Wildman–Crippen LogP) is 1.62. The van der Waals surface area contributed by atoms with Gasteiger partial charge in [-0.1, -0.05) is 18.2 Å². The molecule has 1 amide bonds. The lowest BCUT2D eigenvalue weighted by Crippen LogP contribution is -2.15. The van der Waals surface area contributed by atoms with Gasteiger partial charge in [-0.15, -0.1) is 0 Å². The first-order valence-corrected chi connectivity index (χ1v) is 5.44. The Labute approximate surface area is 107 Å². The molecule has 1 heterocycles. The molecule has 0 aliphatic rings. The minimum absolute atomic E-state index is 0.0587. The van der Waals surface area contributed by atoms with Gasteiger partial charge in [0.25, 0.3) is 12.3 Å². The van der Waals surface area contributed by atoms with Crippen molar-refractivity contribution in [3.63, 3.8) is 0 Å². The van der Waals surface area contributed by atoms with Crippen molar-refractivity contribution in [1.29, 1.82) is 0 Å². The Balaban J connectivity index is 2.32. The van der Waals surface area contributed by atoms with Crippen LogP contribution in [0.3, 0.4) is 0 Å². The molecule has 0 radical (unpaired) electrons. The van der Waals surface area contributed by atoms with Crippen molar-refractivity contribution in [2.24, 2.45) is 5.73 Å². The number of hydrogen-bond donors (Lipinski definition) is 1. The molecule has 0 aliphatic carbocycles. The van der Waals surface area contributed by atoms with Crippen molar-refractivity contribution >= 4 is 5.91 Å². The number of nitrogens with two attached hydrogens (primary N) is 1. The summed E-state index contributed by atoms with van der Waals surface area (Å²) in [6.07, 6.45) is -1.29. The fraction of sp³-hybridized carbons (Fsp3) is 0.167. The zero-order chi connectivity index (χ0) is 13.8. The number of carbonyl (C=O) groups is 1. The molecular weight excluding hydrogens is 256 g/mol. The first kappa shape index (κ1) is 13.0. The Kier molecular flexibility index (Phi) is 3.74. The van der Waals surface area contributed by atoms with Crippen LogP contribution < -0.4 is 10.5 Å². The second-order valence-corrected chi connectivity index (χ2v) is 3.69. The van der Waals surface area contributed by atoms with Crippen LogP contribution in [0.25, 0.3) is 5.69 Å². The lowest BCUT2D eigenvalue weighted by molar-refractivity contribution is 0.0801. The highest BCUT2D eigenvalue weighted by molar-refractivity contribution is 5.93. The lowest BCUT2D eigenvalue weighted by atomic mass is 10.3. The van der Waals surface area contributed by atoms with Crippen LogP contribution >= 0.6 is 0 Å². The molecule has 0 spiro atoms. The van der Waals surface area contributed by atoms with Crippen molar-refractivity contribution in [1.82, 2.24) is 9.78 Å². The molecule has 0 saturated carbocycles. The normalized spacial score (nSPS) is 10.7. The fourth-order valence-electron chi connectivity index (χ4n) is 1.50. The molecular formula is C12H11F2N3O2. The quantitative estimate of drug-likeness (QED) is 0.894. The van der Waals surface area contributed by atoms with E-state index in [1.807, 2.05) is 6.07 Å². The van der Waals surface area contributed by atoms with Crippen molar-refractivity contribution in [3.8, 4) is 11.4 Å². The maximum absolute atomic E-state index is 12.1. The van der Waals surface area contributed by atoms with Gasteiger partial charge in [0, 0.05) is 0 Å². The van der Waals surface area contributed by atoms with Gasteiger partial charge in [0.15, 0.2) is 11.4 Å². The van der Waals surface area contributed by atoms with Crippen molar-refractivity contribution in [2.45, 2.75) is 6.43 Å². The van der Waals surface area contributed by atoms with Crippen LogP contribution in [0.2, 0.25) is 0 Å². The third-order valence-electron chi connectivity index (χ3n) is 2.30. The topological polar surface area (TPSA) is 70.1 Å². The number of rotatable bonds is 5. The summed E-state index contributed by atoms with van der Waals surface area (Å²) in [6.45, 7) is -0.819. The third-order valence-corrected chi connectivity index (χ3v) is 2.30. The zero-order valence-corrected chi connectivity index (χ0v) is 9.79. The number of alkyl halides is 2. The summed E-state index contributed by atoms with van der Waals surface area (Å²) in [4.78, 5) is 11.2. The number of nitrogens with zero attached hydrogens (tertiary/aromatic N) is 2. The minimum Gasteiger partial charge on any atom is -0.483 e. The SMILES string of the molecule is NC(=O)c1nn(-c2ccccc2)cc1OCC(F)F. The molecule has 7 heteroatoms. The van der Waals surface area contributed by atoms with Crippen LogP contribution in [0.15, 0.2) is 36.5 Å². The largest absolute Gasteiger partial charge is 0.483 e. The van der Waals surface area contributed by atoms with Gasteiger partial charge in [0.05, 0.1) is 11.9 Å². The van der Waals surface area contributed by atoms with E-state index >= 15 is 0 Å². The van der Waals surface area contributed by atoms with Crippen LogP contribution in [-0.2, 0) is 0 Å². The smallest absolute Gasteiger partial charge is 0.273 e. The van der Waals surface area contributed by atoms with Gasteiger partial charge in [0.1, 0.15) is 6.61 Å². The van der Waals surface area contributed by atoms with Crippen LogP contribution in [0.4, 0.5) is 8.78 Å². The maximum Gasteiger partial charge on any atom is 0.273 e. The number of para-hydroxylation sites is 1. The minimum atomic E-state index is -2.64. The molecule has 0 bridgehead atoms. The highest BCUT2D eigenvalue weighted by Gasteiger charge is 2.17. The molecule has 0 atom stereocenters. The van der Waals surface area contributed by atoms with E-state index in [2.05, 4.69) is 5.10 Å². The third kappa shape index (κ3) is 3.06. The fourth-order valence-corrected chi connectivity index (χ4v) is 1.50. The average Bonchev–Trinajstić information content (AvgIpc) is 2.81. The highest BCUT2D eigenvalue weighted by atomic mass is 19.3. The molecule has 100 valence electrons. The number of aromatic nitrogens is 2. The van der Waals surface area contributed by atoms with Gasteiger partial charge >= 0.3 is 0 Å². The molecule has 1 aromatic carbocycles. The molecule has 19 heavy (non-hydrogen) atoms. The van der Waals surface area contributed by atoms with Crippen LogP contribution in [0, 0.1) is 0 Å². The van der Waals surface area contributed by atoms with Gasteiger partial charge in [-0.3, -0.25) is 4.79 Å². The molecule has 2 aromatic rings. The first-order valence-electron chi connectivity index (χ1n) is 5.44. The summed E-state index contributed by atoms with van der Waals surface area (Å²) in [5.41, 5.74) is 5.62. The van der Waals surface area contributed by atoms with Gasteiger partial charge in [-0.25, -0.2) is 13.5 Å². The van der Waals surface area contributed by atoms with Gasteiger partial charge in [0.2, 0.25) is 0 Å². The molecule has 0 unspecified atom stereocenters. The molecule has 2 N–H and O–H groups in total. The Hall–Kier alpha value is -2.44. The van der Waals surface area contributed by atoms with Crippen molar-refractivity contribution in [3.05, 3.63) is 42.2 Å². The zero-order valence-electron chi connectivity index (χ0n) is 9.79. The molecule has 1 aromatic heterocycles. The first-order chi connectivity index (χ1) is 9.08. The van der Waals surface area contributed by atoms with E-state index in [4.69, 9.17) is 10.5 Å². The maximum atomic E-state index is 12.1. The monoisotopic (exact) mass is 267 g/mol. The Morgan fingerprint density at radius 3 is 2.63 bits per heavy atom. The number of ether oxygens (including phenoxy) is 1. The number of amides is 1. The summed E-state index contributed by atoms with van der Waals surface area (Å²) in [5.74, 6) is -0.893. The number of benzene rings is 1. The molecule has 2 rings (SSSR count). The van der Waals surface area contributed by atoms with Gasteiger partial charge in [-0.2, -0.15) is 5.10 Å². The molecule has 0 aliphatic heterocycles. The van der Waals surface area contributed by atoms with E-state index < -0.39 is 18.9 Å². The van der Waals surface area contributed by atoms with Crippen molar-refractivity contribution < 1.29 is 18.3 Å². The van der Waals surface area contributed by atoms with E-state index in [0.717, 1.165) is 0 Å². The highest BCUT2D eigenvalue weighted by Crippen LogP contribution is 2.20. The lowest BCUT2D eigenvalue weighted by Gasteiger charge is -2.02. The van der Waals surface area contributed by atoms with Crippen LogP contribution in [-0.4, -0.2) is 28.7 Å². The van der Waals surface area contributed by atoms with Crippen LogP contribution in [0.5, 0.6) is 5.75 Å². The van der Waals surface area contributed by atoms with E-state index in [0.29, 0.717) is 5.69 Å². The second-order valence-electron chi connectivity index (χ2n) is 3.69. The van der Waals surface area contributed by atoms with E-state index in [1.165, 1.54) is 10.9 Å². The van der Waals surface area contributed by atoms with Crippen molar-refractivity contribution in [2.75, 3.05) is 6.61 Å². The summed E-state index contributed by atoms with van der Waals surface area (Å²) in [7, 11) is 0. The second kappa shape index (κ2) is 5.47. The van der Waals surface area contributed by atoms with Gasteiger partial charge in [-0.05, 0) is 12.1 Å². The standard InChI is InChI=1S/C12H11F2N3O2/c13-10(14)7-19-9-6-17(16-11(9)12(15)18)8-4-2-1-3-5-8/h1-6,10H,7H2,(H2,15,18). The van der Waals surface area contributed by atoms with E-state index in [9.17, 15) is 13.6 Å². The predicted molar refractivity (Wildman–Crippen MR) is 63.6 cm³/mol. The van der Waals surface area contributed by atoms with Crippen LogP contribution in [0.1, 0.15) is 10.5 Å². The molecule has 0 fully saturated rings. The van der Waals surface area contributed by atoms with E-state index in [-0.39, 0.29) is 11.4 Å². The number of hydrogen-bond acceptors (Lipinski definition) is 3. The summed E-state index contributed by atoms with van der Waals surface area (Å²) in [5, 5.41) is 3.93. The number of carbonyl (C=O) groups excluding carboxylic acids is 1. The Bertz CT molecular complexity index is 570. The Morgan fingerprint density at radius 1 is 1.37 bits per heavy atom. The van der Waals surface area contributed by atoms with E-state index in [1.54, 1.807) is 24.3 Å². The summed E-state index contributed by atoms with van der Waals surface area (Å²) >= 11 is 0. The molecule has 5 nitrogen and oxygen atoms in total. The number of primary amides is 1. The Morgan fingerprint density at radius 2 is 2.05 bits per heavy atom. The van der Waals surface area contributed by atoms with Gasteiger partial charge < -0.3 is 10.5 Å². The number of halogens is 2. The molecule has 0 saturated heterocycles. The summed E-state index contributed by atoms with van der Waals surface area (Å²) in [6, 6.07) is 8.86. The summed E-state index contributed by atoms with van der Waals surface area (Å²) < 4.78 is 30.4.